The number of H-pyrrole nitrogens is 1. The molecule has 2 heterocycles. The van der Waals surface area contributed by atoms with Crippen LogP contribution in [0.2, 0.25) is 0 Å². The molecule has 2 amide bonds. The summed E-state index contributed by atoms with van der Waals surface area (Å²) in [7, 11) is 0. The van der Waals surface area contributed by atoms with Gasteiger partial charge in [-0.2, -0.15) is 0 Å². The molecule has 6 N–H and O–H groups in total. The Morgan fingerprint density at radius 2 is 2.08 bits per heavy atom. The highest BCUT2D eigenvalue weighted by Gasteiger charge is 2.29. The van der Waals surface area contributed by atoms with Crippen molar-refractivity contribution in [1.29, 1.82) is 0 Å². The summed E-state index contributed by atoms with van der Waals surface area (Å²) in [5.74, 6) is -2.48. The van der Waals surface area contributed by atoms with Crippen LogP contribution in [0.4, 0.5) is 0 Å². The van der Waals surface area contributed by atoms with E-state index in [1.807, 2.05) is 24.3 Å². The van der Waals surface area contributed by atoms with E-state index in [1.165, 1.54) is 0 Å². The molecule has 0 saturated carbocycles. The smallest absolute Gasteiger partial charge is 0.305 e. The molecule has 0 fully saturated rings. The average Bonchev–Trinajstić information content (AvgIpc) is 2.91. The molecule has 0 aliphatic carbocycles. The van der Waals surface area contributed by atoms with Crippen LogP contribution >= 0.6 is 0 Å². The van der Waals surface area contributed by atoms with E-state index in [-0.39, 0.29) is 0 Å². The molecule has 24 heavy (non-hydrogen) atoms. The highest BCUT2D eigenvalue weighted by molar-refractivity contribution is 6.01. The third kappa shape index (κ3) is 3.15. The molecule has 1 aliphatic heterocycles. The first-order valence-electron chi connectivity index (χ1n) is 7.59. The number of para-hydroxylation sites is 1. The number of rotatable bonds is 4. The minimum Gasteiger partial charge on any atom is -0.481 e. The van der Waals surface area contributed by atoms with E-state index in [9.17, 15) is 14.4 Å². The predicted molar refractivity (Wildman–Crippen MR) is 86.0 cm³/mol. The predicted octanol–water partition coefficient (Wildman–Crippen LogP) is -0.373. The number of nitrogens with one attached hydrogen (secondary N) is 3. The zero-order chi connectivity index (χ0) is 17.3. The lowest BCUT2D eigenvalue weighted by molar-refractivity contribution is -0.141. The van der Waals surface area contributed by atoms with E-state index in [4.69, 9.17) is 10.8 Å². The molecule has 0 spiro atoms. The number of carboxylic acid groups (broad SMARTS) is 1. The van der Waals surface area contributed by atoms with Crippen LogP contribution in [0.1, 0.15) is 17.7 Å². The fourth-order valence-electron chi connectivity index (χ4n) is 2.91. The van der Waals surface area contributed by atoms with Gasteiger partial charge in [0.2, 0.25) is 11.8 Å². The topological polar surface area (TPSA) is 137 Å². The van der Waals surface area contributed by atoms with Crippen LogP contribution in [0.5, 0.6) is 0 Å². The maximum Gasteiger partial charge on any atom is 0.305 e. The number of amides is 2. The normalized spacial score (nSPS) is 18.0. The van der Waals surface area contributed by atoms with Crippen molar-refractivity contribution < 1.29 is 19.5 Å². The summed E-state index contributed by atoms with van der Waals surface area (Å²) in [6, 6.07) is 6.00. The summed E-state index contributed by atoms with van der Waals surface area (Å²) in [6.07, 6.45) is -0.0869. The Morgan fingerprint density at radius 3 is 2.83 bits per heavy atom. The largest absolute Gasteiger partial charge is 0.481 e. The molecule has 0 radical (unpaired) electrons. The lowest BCUT2D eigenvalue weighted by Gasteiger charge is -2.23. The second-order valence-corrected chi connectivity index (χ2v) is 5.82. The number of fused-ring (bicyclic) bond motifs is 3. The second-order valence-electron chi connectivity index (χ2n) is 5.82. The van der Waals surface area contributed by atoms with E-state index in [0.29, 0.717) is 13.0 Å². The molecular weight excluding hydrogens is 312 g/mol. The Kier molecular flexibility index (Phi) is 4.32. The van der Waals surface area contributed by atoms with Crippen molar-refractivity contribution in [2.75, 3.05) is 0 Å². The van der Waals surface area contributed by atoms with Crippen molar-refractivity contribution in [3.63, 3.8) is 0 Å². The number of carboxylic acids is 1. The molecule has 0 bridgehead atoms. The Hall–Kier alpha value is -2.71. The molecule has 3 rings (SSSR count). The highest BCUT2D eigenvalue weighted by atomic mass is 16.4. The number of carbonyl (C=O) groups excluding carboxylic acids is 2. The molecule has 126 valence electrons. The van der Waals surface area contributed by atoms with Crippen molar-refractivity contribution in [2.45, 2.75) is 31.5 Å². The molecule has 8 nitrogen and oxygen atoms in total. The summed E-state index contributed by atoms with van der Waals surface area (Å²) in [6.45, 7) is 0.484. The number of carbonyl (C=O) groups is 3. The van der Waals surface area contributed by atoms with Gasteiger partial charge in [-0.1, -0.05) is 18.2 Å². The summed E-state index contributed by atoms with van der Waals surface area (Å²) in [5.41, 5.74) is 8.53. The van der Waals surface area contributed by atoms with E-state index in [0.717, 1.165) is 22.2 Å². The Balaban J connectivity index is 1.69. The zero-order valence-electron chi connectivity index (χ0n) is 12.8. The molecule has 0 saturated heterocycles. The van der Waals surface area contributed by atoms with Gasteiger partial charge in [0.25, 0.3) is 0 Å². The van der Waals surface area contributed by atoms with Crippen molar-refractivity contribution in [1.82, 2.24) is 15.6 Å². The minimum atomic E-state index is -1.25. The first-order chi connectivity index (χ1) is 11.5. The van der Waals surface area contributed by atoms with Gasteiger partial charge in [-0.25, -0.2) is 0 Å². The van der Waals surface area contributed by atoms with Gasteiger partial charge in [0.05, 0.1) is 18.5 Å². The molecule has 1 aliphatic rings. The van der Waals surface area contributed by atoms with Crippen molar-refractivity contribution in [3.05, 3.63) is 35.5 Å². The second kappa shape index (κ2) is 6.42. The number of nitrogens with two attached hydrogens (primary N) is 1. The molecule has 1 aromatic carbocycles. The standard InChI is InChI=1S/C16H18N4O4/c17-10(6-14(21)22)15(23)20-16(24)12-5-9-8-3-1-2-4-11(8)19-13(9)7-18-12/h1-4,10,12,18-19H,5-7,17H2,(H,21,22)(H,20,23,24)/t10-,12+/m0/s1. The molecule has 2 aromatic rings. The van der Waals surface area contributed by atoms with Crippen LogP contribution in [-0.4, -0.2) is 40.0 Å². The molecule has 8 heteroatoms. The average molecular weight is 330 g/mol. The molecular formula is C16H18N4O4. The van der Waals surface area contributed by atoms with Gasteiger partial charge in [-0.15, -0.1) is 0 Å². The Labute approximate surface area is 137 Å². The summed E-state index contributed by atoms with van der Waals surface area (Å²) in [5, 5.41) is 15.0. The van der Waals surface area contributed by atoms with Gasteiger partial charge >= 0.3 is 5.97 Å². The van der Waals surface area contributed by atoms with Gasteiger partial charge in [-0.3, -0.25) is 25.0 Å². The number of aliphatic carboxylic acids is 1. The lowest BCUT2D eigenvalue weighted by Crippen LogP contribution is -2.53. The third-order valence-corrected chi connectivity index (χ3v) is 4.13. The number of imide groups is 1. The van der Waals surface area contributed by atoms with Crippen molar-refractivity contribution >= 4 is 28.7 Å². The SMILES string of the molecule is N[C@@H](CC(=O)O)C(=O)NC(=O)[C@H]1Cc2c([nH]c3ccccc23)CN1. The van der Waals surface area contributed by atoms with E-state index in [2.05, 4.69) is 15.6 Å². The van der Waals surface area contributed by atoms with Gasteiger partial charge in [0.1, 0.15) is 0 Å². The van der Waals surface area contributed by atoms with Crippen LogP contribution in [0, 0.1) is 0 Å². The van der Waals surface area contributed by atoms with Gasteiger partial charge in [-0.05, 0) is 18.1 Å². The van der Waals surface area contributed by atoms with Gasteiger partial charge < -0.3 is 15.8 Å². The van der Waals surface area contributed by atoms with Crippen LogP contribution in [0.3, 0.4) is 0 Å². The number of aromatic nitrogens is 1. The summed E-state index contributed by atoms with van der Waals surface area (Å²) in [4.78, 5) is 37.9. The summed E-state index contributed by atoms with van der Waals surface area (Å²) < 4.78 is 0. The number of aromatic amines is 1. The highest BCUT2D eigenvalue weighted by Crippen LogP contribution is 2.26. The van der Waals surface area contributed by atoms with Crippen molar-refractivity contribution in [3.8, 4) is 0 Å². The first-order valence-corrected chi connectivity index (χ1v) is 7.59. The monoisotopic (exact) mass is 330 g/mol. The maximum atomic E-state index is 12.3. The Bertz CT molecular complexity index is 814. The van der Waals surface area contributed by atoms with Gasteiger partial charge in [0, 0.05) is 23.1 Å². The third-order valence-electron chi connectivity index (χ3n) is 4.13. The van der Waals surface area contributed by atoms with E-state index >= 15 is 0 Å². The quantitative estimate of drug-likeness (QED) is 0.518. The number of hydrogen-bond acceptors (Lipinski definition) is 5. The molecule has 0 unspecified atom stereocenters. The lowest BCUT2D eigenvalue weighted by atomic mass is 9.98. The molecule has 1 aromatic heterocycles. The van der Waals surface area contributed by atoms with E-state index in [1.54, 1.807) is 0 Å². The van der Waals surface area contributed by atoms with E-state index < -0.39 is 36.3 Å². The van der Waals surface area contributed by atoms with Crippen LogP contribution in [0.25, 0.3) is 10.9 Å². The maximum absolute atomic E-state index is 12.3. The first kappa shape index (κ1) is 16.2. The zero-order valence-corrected chi connectivity index (χ0v) is 12.8. The molecule has 2 atom stereocenters. The van der Waals surface area contributed by atoms with Crippen LogP contribution < -0.4 is 16.4 Å². The summed E-state index contributed by atoms with van der Waals surface area (Å²) >= 11 is 0. The fourth-order valence-corrected chi connectivity index (χ4v) is 2.91. The Morgan fingerprint density at radius 1 is 1.33 bits per heavy atom. The number of hydrogen-bond donors (Lipinski definition) is 5. The van der Waals surface area contributed by atoms with Gasteiger partial charge in [0.15, 0.2) is 0 Å². The van der Waals surface area contributed by atoms with Crippen molar-refractivity contribution in [2.24, 2.45) is 5.73 Å². The fraction of sp³-hybridized carbons (Fsp3) is 0.312. The van der Waals surface area contributed by atoms with Crippen LogP contribution in [0.15, 0.2) is 24.3 Å². The van der Waals surface area contributed by atoms with Crippen LogP contribution in [-0.2, 0) is 27.3 Å². The minimum absolute atomic E-state index is 0.437. The number of benzene rings is 1.